The summed E-state index contributed by atoms with van der Waals surface area (Å²) in [6.07, 6.45) is 2.78. The number of carbonyl (C=O) groups is 2. The number of carbonyl (C=O) groups excluding carboxylic acids is 1. The Bertz CT molecular complexity index is 298. The van der Waals surface area contributed by atoms with Gasteiger partial charge in [-0.2, -0.15) is 0 Å². The highest BCUT2D eigenvalue weighted by Gasteiger charge is 2.17. The van der Waals surface area contributed by atoms with Gasteiger partial charge < -0.3 is 14.7 Å². The molecule has 0 spiro atoms. The summed E-state index contributed by atoms with van der Waals surface area (Å²) in [5.74, 6) is -1.02. The molecule has 0 saturated heterocycles. The topological polar surface area (TPSA) is 66.8 Å². The molecular formula is C11H17NO4. The fourth-order valence-corrected chi connectivity index (χ4v) is 1.63. The van der Waals surface area contributed by atoms with Gasteiger partial charge in [-0.3, -0.25) is 9.59 Å². The van der Waals surface area contributed by atoms with E-state index in [1.54, 1.807) is 12.0 Å². The molecule has 0 aromatic carbocycles. The van der Waals surface area contributed by atoms with Gasteiger partial charge >= 0.3 is 5.97 Å². The van der Waals surface area contributed by atoms with Crippen molar-refractivity contribution in [3.05, 3.63) is 11.6 Å². The molecule has 0 unspecified atom stereocenters. The zero-order valence-corrected chi connectivity index (χ0v) is 9.44. The van der Waals surface area contributed by atoms with Crippen LogP contribution in [0.3, 0.4) is 0 Å². The average Bonchev–Trinajstić information content (AvgIpc) is 2.27. The van der Waals surface area contributed by atoms with Crippen LogP contribution in [0, 0.1) is 0 Å². The fourth-order valence-electron chi connectivity index (χ4n) is 1.63. The minimum Gasteiger partial charge on any atom is -0.481 e. The molecular weight excluding hydrogens is 210 g/mol. The van der Waals surface area contributed by atoms with E-state index in [-0.39, 0.29) is 18.7 Å². The lowest BCUT2D eigenvalue weighted by Crippen LogP contribution is -2.35. The van der Waals surface area contributed by atoms with Crippen LogP contribution in [0.5, 0.6) is 0 Å². The molecule has 5 nitrogen and oxygen atoms in total. The number of amides is 1. The molecule has 0 aromatic rings. The van der Waals surface area contributed by atoms with Crippen molar-refractivity contribution >= 4 is 11.9 Å². The second kappa shape index (κ2) is 6.27. The predicted octanol–water partition coefficient (Wildman–Crippen LogP) is 0.656. The zero-order valence-electron chi connectivity index (χ0n) is 9.44. The molecule has 1 amide bonds. The molecule has 90 valence electrons. The summed E-state index contributed by atoms with van der Waals surface area (Å²) in [6, 6.07) is 0. The second-order valence-electron chi connectivity index (χ2n) is 3.78. The molecule has 0 aromatic heterocycles. The van der Waals surface area contributed by atoms with Gasteiger partial charge in [0.25, 0.3) is 0 Å². The Hall–Kier alpha value is -1.36. The molecule has 0 saturated carbocycles. The van der Waals surface area contributed by atoms with E-state index in [1.807, 2.05) is 6.08 Å². The van der Waals surface area contributed by atoms with Gasteiger partial charge in [0.2, 0.25) is 5.91 Å². The highest BCUT2D eigenvalue weighted by molar-refractivity contribution is 5.81. The van der Waals surface area contributed by atoms with Crippen LogP contribution in [-0.4, -0.2) is 48.7 Å². The van der Waals surface area contributed by atoms with Crippen LogP contribution >= 0.6 is 0 Å². The summed E-state index contributed by atoms with van der Waals surface area (Å²) in [5, 5.41) is 8.47. The van der Waals surface area contributed by atoms with E-state index in [0.29, 0.717) is 19.7 Å². The quantitative estimate of drug-likeness (QED) is 0.700. The maximum absolute atomic E-state index is 11.6. The van der Waals surface area contributed by atoms with Crippen molar-refractivity contribution in [1.29, 1.82) is 0 Å². The van der Waals surface area contributed by atoms with Crippen LogP contribution < -0.4 is 0 Å². The van der Waals surface area contributed by atoms with Crippen molar-refractivity contribution in [3.8, 4) is 0 Å². The molecule has 0 radical (unpaired) electrons. The smallest absolute Gasteiger partial charge is 0.303 e. The van der Waals surface area contributed by atoms with Crippen molar-refractivity contribution in [2.45, 2.75) is 19.3 Å². The molecule has 1 N–H and O–H groups in total. The maximum Gasteiger partial charge on any atom is 0.303 e. The highest BCUT2D eigenvalue weighted by Crippen LogP contribution is 2.12. The van der Waals surface area contributed by atoms with Crippen molar-refractivity contribution in [2.75, 3.05) is 26.8 Å². The highest BCUT2D eigenvalue weighted by atomic mass is 16.5. The molecule has 0 aliphatic carbocycles. The Labute approximate surface area is 94.7 Å². The van der Waals surface area contributed by atoms with Crippen molar-refractivity contribution in [1.82, 2.24) is 4.90 Å². The van der Waals surface area contributed by atoms with Crippen molar-refractivity contribution in [3.63, 3.8) is 0 Å². The van der Waals surface area contributed by atoms with E-state index in [1.165, 1.54) is 5.57 Å². The number of aliphatic carboxylic acids is 1. The number of hydrogen-bond donors (Lipinski definition) is 1. The number of carboxylic acids is 1. The first kappa shape index (κ1) is 12.7. The normalized spacial score (nSPS) is 15.8. The van der Waals surface area contributed by atoms with Gasteiger partial charge in [-0.05, 0) is 12.0 Å². The predicted molar refractivity (Wildman–Crippen MR) is 58.0 cm³/mol. The summed E-state index contributed by atoms with van der Waals surface area (Å²) in [7, 11) is 1.64. The lowest BCUT2D eigenvalue weighted by molar-refractivity contribution is -0.140. The maximum atomic E-state index is 11.6. The number of methoxy groups -OCH3 is 1. The van der Waals surface area contributed by atoms with E-state index in [2.05, 4.69) is 0 Å². The molecule has 0 bridgehead atoms. The Morgan fingerprint density at radius 2 is 2.25 bits per heavy atom. The number of carboxylic acid groups (broad SMARTS) is 1. The van der Waals surface area contributed by atoms with Crippen LogP contribution in [0.4, 0.5) is 0 Å². The molecule has 1 heterocycles. The summed E-state index contributed by atoms with van der Waals surface area (Å²) >= 11 is 0. The minimum atomic E-state index is -0.930. The first-order chi connectivity index (χ1) is 7.63. The van der Waals surface area contributed by atoms with E-state index in [9.17, 15) is 9.59 Å². The Balaban J connectivity index is 2.35. The summed E-state index contributed by atoms with van der Waals surface area (Å²) < 4.78 is 5.01. The Morgan fingerprint density at radius 1 is 1.50 bits per heavy atom. The number of hydrogen-bond acceptors (Lipinski definition) is 3. The summed E-state index contributed by atoms with van der Waals surface area (Å²) in [4.78, 5) is 23.6. The van der Waals surface area contributed by atoms with Crippen molar-refractivity contribution in [2.24, 2.45) is 0 Å². The second-order valence-corrected chi connectivity index (χ2v) is 3.78. The first-order valence-corrected chi connectivity index (χ1v) is 5.30. The van der Waals surface area contributed by atoms with Crippen LogP contribution in [0.15, 0.2) is 11.6 Å². The van der Waals surface area contributed by atoms with Gasteiger partial charge in [0.1, 0.15) is 0 Å². The lowest BCUT2D eigenvalue weighted by atomic mass is 10.1. The Kier molecular flexibility index (Phi) is 4.98. The van der Waals surface area contributed by atoms with Gasteiger partial charge in [-0.15, -0.1) is 0 Å². The zero-order chi connectivity index (χ0) is 12.0. The molecule has 1 aliphatic rings. The van der Waals surface area contributed by atoms with Crippen LogP contribution in [0.1, 0.15) is 19.3 Å². The van der Waals surface area contributed by atoms with E-state index in [0.717, 1.165) is 6.42 Å². The average molecular weight is 227 g/mol. The molecule has 1 rings (SSSR count). The monoisotopic (exact) mass is 227 g/mol. The van der Waals surface area contributed by atoms with E-state index < -0.39 is 5.97 Å². The van der Waals surface area contributed by atoms with E-state index >= 15 is 0 Å². The molecule has 5 heteroatoms. The standard InChI is InChI=1S/C11H17NO4/c1-16-8-9-4-6-12(7-5-9)10(13)2-3-11(14)15/h4H,2-3,5-8H2,1H3,(H,14,15). The fraction of sp³-hybridized carbons (Fsp3) is 0.636. The van der Waals surface area contributed by atoms with Crippen LogP contribution in [0.2, 0.25) is 0 Å². The third kappa shape index (κ3) is 4.02. The van der Waals surface area contributed by atoms with Crippen LogP contribution in [0.25, 0.3) is 0 Å². The first-order valence-electron chi connectivity index (χ1n) is 5.30. The van der Waals surface area contributed by atoms with Gasteiger partial charge in [-0.25, -0.2) is 0 Å². The summed E-state index contributed by atoms with van der Waals surface area (Å²) in [5.41, 5.74) is 1.20. The number of nitrogens with zero attached hydrogens (tertiary/aromatic N) is 1. The SMILES string of the molecule is COCC1=CCN(C(=O)CCC(=O)O)CC1. The van der Waals surface area contributed by atoms with Gasteiger partial charge in [0, 0.05) is 26.6 Å². The van der Waals surface area contributed by atoms with Crippen molar-refractivity contribution < 1.29 is 19.4 Å². The molecule has 1 aliphatic heterocycles. The molecule has 16 heavy (non-hydrogen) atoms. The largest absolute Gasteiger partial charge is 0.481 e. The Morgan fingerprint density at radius 3 is 2.75 bits per heavy atom. The van der Waals surface area contributed by atoms with Gasteiger partial charge in [0.15, 0.2) is 0 Å². The van der Waals surface area contributed by atoms with Gasteiger partial charge in [-0.1, -0.05) is 6.08 Å². The van der Waals surface area contributed by atoms with E-state index in [4.69, 9.17) is 9.84 Å². The summed E-state index contributed by atoms with van der Waals surface area (Å²) in [6.45, 7) is 1.84. The third-order valence-electron chi connectivity index (χ3n) is 2.54. The van der Waals surface area contributed by atoms with Crippen LogP contribution in [-0.2, 0) is 14.3 Å². The number of ether oxygens (including phenoxy) is 1. The third-order valence-corrected chi connectivity index (χ3v) is 2.54. The van der Waals surface area contributed by atoms with Gasteiger partial charge in [0.05, 0.1) is 13.0 Å². The number of rotatable bonds is 5. The minimum absolute atomic E-state index is 0.0861. The lowest BCUT2D eigenvalue weighted by Gasteiger charge is -2.26. The molecule has 0 atom stereocenters. The molecule has 0 fully saturated rings.